The van der Waals surface area contributed by atoms with Crippen LogP contribution < -0.4 is 10.2 Å². The Hall–Kier alpha value is -1.39. The van der Waals surface area contributed by atoms with E-state index in [4.69, 9.17) is 4.98 Å². The molecule has 0 aliphatic carbocycles. The van der Waals surface area contributed by atoms with E-state index < -0.39 is 0 Å². The van der Waals surface area contributed by atoms with Crippen molar-refractivity contribution in [1.82, 2.24) is 10.3 Å². The van der Waals surface area contributed by atoms with Crippen LogP contribution in [0.1, 0.15) is 25.6 Å². The molecule has 0 spiro atoms. The van der Waals surface area contributed by atoms with E-state index in [0.717, 1.165) is 30.5 Å². The minimum atomic E-state index is 0.641. The summed E-state index contributed by atoms with van der Waals surface area (Å²) in [5.41, 5.74) is 2.32. The van der Waals surface area contributed by atoms with Gasteiger partial charge in [0.25, 0.3) is 0 Å². The lowest BCUT2D eigenvalue weighted by molar-refractivity contribution is 0.618. The maximum Gasteiger partial charge on any atom is 0.186 e. The van der Waals surface area contributed by atoms with E-state index in [0.29, 0.717) is 5.92 Å². The highest BCUT2D eigenvalue weighted by Gasteiger charge is 2.16. The summed E-state index contributed by atoms with van der Waals surface area (Å²) in [6, 6.07) is 10.5. The first-order valence-corrected chi connectivity index (χ1v) is 8.42. The predicted molar refractivity (Wildman–Crippen MR) is 93.0 cm³/mol. The van der Waals surface area contributed by atoms with E-state index in [-0.39, 0.29) is 0 Å². The molecule has 1 aromatic heterocycles. The molecule has 0 amide bonds. The molecule has 1 N–H and O–H groups in total. The number of anilines is 1. The Morgan fingerprint density at radius 1 is 1.24 bits per heavy atom. The number of nitrogens with zero attached hydrogens (tertiary/aromatic N) is 2. The van der Waals surface area contributed by atoms with E-state index >= 15 is 0 Å². The molecule has 4 heteroatoms. The fourth-order valence-electron chi connectivity index (χ4n) is 2.36. The van der Waals surface area contributed by atoms with Crippen molar-refractivity contribution in [2.24, 2.45) is 5.92 Å². The molecule has 0 aliphatic heterocycles. The maximum atomic E-state index is 4.93. The van der Waals surface area contributed by atoms with Crippen molar-refractivity contribution in [2.45, 2.75) is 27.3 Å². The van der Waals surface area contributed by atoms with E-state index in [1.54, 1.807) is 11.3 Å². The fourth-order valence-corrected chi connectivity index (χ4v) is 3.53. The van der Waals surface area contributed by atoms with Gasteiger partial charge in [-0.1, -0.05) is 55.5 Å². The smallest absolute Gasteiger partial charge is 0.186 e. The molecular formula is C17H25N3S. The van der Waals surface area contributed by atoms with Gasteiger partial charge in [-0.25, -0.2) is 4.98 Å². The van der Waals surface area contributed by atoms with Crippen molar-refractivity contribution in [1.29, 1.82) is 0 Å². The van der Waals surface area contributed by atoms with Crippen molar-refractivity contribution in [2.75, 3.05) is 25.0 Å². The van der Waals surface area contributed by atoms with Crippen LogP contribution >= 0.6 is 11.3 Å². The molecule has 0 saturated heterocycles. The molecule has 0 atom stereocenters. The van der Waals surface area contributed by atoms with Crippen LogP contribution in [-0.2, 0) is 6.54 Å². The average Bonchev–Trinajstić information content (AvgIpc) is 2.90. The largest absolute Gasteiger partial charge is 0.348 e. The second-order valence-corrected chi connectivity index (χ2v) is 6.66. The molecule has 1 heterocycles. The molecule has 2 aromatic rings. The third kappa shape index (κ3) is 4.05. The van der Waals surface area contributed by atoms with Gasteiger partial charge in [0.1, 0.15) is 0 Å². The normalized spacial score (nSPS) is 11.1. The first-order chi connectivity index (χ1) is 10.2. The van der Waals surface area contributed by atoms with Gasteiger partial charge < -0.3 is 10.2 Å². The lowest BCUT2D eigenvalue weighted by Crippen LogP contribution is -2.26. The van der Waals surface area contributed by atoms with Gasteiger partial charge in [-0.2, -0.15) is 0 Å². The van der Waals surface area contributed by atoms with Crippen LogP contribution in [0.2, 0.25) is 0 Å². The quantitative estimate of drug-likeness (QED) is 0.837. The molecule has 1 aromatic carbocycles. The van der Waals surface area contributed by atoms with Crippen LogP contribution in [0.15, 0.2) is 30.3 Å². The molecule has 0 bridgehead atoms. The number of hydrogen-bond acceptors (Lipinski definition) is 4. The molecule has 2 rings (SSSR count). The highest BCUT2D eigenvalue weighted by Crippen LogP contribution is 2.33. The Morgan fingerprint density at radius 3 is 2.52 bits per heavy atom. The average molecular weight is 303 g/mol. The summed E-state index contributed by atoms with van der Waals surface area (Å²) in [6.07, 6.45) is 0. The lowest BCUT2D eigenvalue weighted by atomic mass is 10.1. The monoisotopic (exact) mass is 303 g/mol. The second kappa shape index (κ2) is 7.57. The zero-order valence-electron chi connectivity index (χ0n) is 13.4. The van der Waals surface area contributed by atoms with Crippen molar-refractivity contribution >= 4 is 16.5 Å². The number of nitrogens with one attached hydrogen (secondary N) is 1. The van der Waals surface area contributed by atoms with Crippen LogP contribution in [0.25, 0.3) is 11.3 Å². The van der Waals surface area contributed by atoms with Gasteiger partial charge in [-0.3, -0.25) is 0 Å². The zero-order valence-corrected chi connectivity index (χ0v) is 14.2. The molecule has 0 fully saturated rings. The third-order valence-electron chi connectivity index (χ3n) is 3.31. The van der Waals surface area contributed by atoms with Crippen molar-refractivity contribution in [3.8, 4) is 11.3 Å². The van der Waals surface area contributed by atoms with Gasteiger partial charge >= 0.3 is 0 Å². The second-order valence-electron chi connectivity index (χ2n) is 5.60. The third-order valence-corrected chi connectivity index (χ3v) is 4.42. The number of benzene rings is 1. The van der Waals surface area contributed by atoms with Crippen LogP contribution in [0, 0.1) is 5.92 Å². The van der Waals surface area contributed by atoms with Gasteiger partial charge in [0.05, 0.1) is 5.69 Å². The maximum absolute atomic E-state index is 4.93. The SMILES string of the molecule is CCN(CC(C)C)c1nc(-c2ccccc2)c(CNC)s1. The predicted octanol–water partition coefficient (Wildman–Crippen LogP) is 4.01. The molecule has 21 heavy (non-hydrogen) atoms. The minimum absolute atomic E-state index is 0.641. The van der Waals surface area contributed by atoms with Crippen LogP contribution in [0.4, 0.5) is 5.13 Å². The van der Waals surface area contributed by atoms with Crippen LogP contribution in [0.5, 0.6) is 0 Å². The van der Waals surface area contributed by atoms with Gasteiger partial charge in [0.2, 0.25) is 0 Å². The highest BCUT2D eigenvalue weighted by atomic mass is 32.1. The first kappa shape index (κ1) is 16.0. The van der Waals surface area contributed by atoms with Crippen LogP contribution in [0.3, 0.4) is 0 Å². The summed E-state index contributed by atoms with van der Waals surface area (Å²) in [5, 5.41) is 4.39. The first-order valence-electron chi connectivity index (χ1n) is 7.60. The van der Waals surface area contributed by atoms with Crippen molar-refractivity contribution < 1.29 is 0 Å². The number of rotatable bonds is 7. The minimum Gasteiger partial charge on any atom is -0.348 e. The van der Waals surface area contributed by atoms with Gasteiger partial charge in [0, 0.05) is 30.1 Å². The highest BCUT2D eigenvalue weighted by molar-refractivity contribution is 7.16. The summed E-state index contributed by atoms with van der Waals surface area (Å²) in [6.45, 7) is 9.62. The number of aromatic nitrogens is 1. The number of thiazole rings is 1. The van der Waals surface area contributed by atoms with Crippen molar-refractivity contribution in [3.05, 3.63) is 35.2 Å². The van der Waals surface area contributed by atoms with E-state index in [1.807, 2.05) is 13.1 Å². The van der Waals surface area contributed by atoms with Gasteiger partial charge in [-0.05, 0) is 19.9 Å². The Kier molecular flexibility index (Phi) is 5.76. The molecule has 3 nitrogen and oxygen atoms in total. The summed E-state index contributed by atoms with van der Waals surface area (Å²) in [4.78, 5) is 8.61. The van der Waals surface area contributed by atoms with Crippen LogP contribution in [-0.4, -0.2) is 25.1 Å². The zero-order chi connectivity index (χ0) is 15.2. The summed E-state index contributed by atoms with van der Waals surface area (Å²) >= 11 is 1.81. The summed E-state index contributed by atoms with van der Waals surface area (Å²) in [5.74, 6) is 0.641. The Balaban J connectivity index is 2.36. The summed E-state index contributed by atoms with van der Waals surface area (Å²) in [7, 11) is 1.99. The fraction of sp³-hybridized carbons (Fsp3) is 0.471. The molecule has 0 radical (unpaired) electrons. The summed E-state index contributed by atoms with van der Waals surface area (Å²) < 4.78 is 0. The lowest BCUT2D eigenvalue weighted by Gasteiger charge is -2.21. The standard InChI is InChI=1S/C17H25N3S/c1-5-20(12-13(2)3)17-19-16(15(21-17)11-18-4)14-9-7-6-8-10-14/h6-10,13,18H,5,11-12H2,1-4H3. The topological polar surface area (TPSA) is 28.2 Å². The van der Waals surface area contributed by atoms with Gasteiger partial charge in [-0.15, -0.1) is 0 Å². The molecule has 114 valence electrons. The van der Waals surface area contributed by atoms with Gasteiger partial charge in [0.15, 0.2) is 5.13 Å². The molecule has 0 aliphatic rings. The van der Waals surface area contributed by atoms with E-state index in [9.17, 15) is 0 Å². The Morgan fingerprint density at radius 2 is 1.95 bits per heavy atom. The van der Waals surface area contributed by atoms with E-state index in [2.05, 4.69) is 55.3 Å². The van der Waals surface area contributed by atoms with E-state index in [1.165, 1.54) is 10.4 Å². The molecule has 0 saturated carbocycles. The number of hydrogen-bond donors (Lipinski definition) is 1. The van der Waals surface area contributed by atoms with Crippen molar-refractivity contribution in [3.63, 3.8) is 0 Å². The Bertz CT molecular complexity index is 548. The Labute approximate surface area is 132 Å². The molecular weight excluding hydrogens is 278 g/mol. The molecule has 0 unspecified atom stereocenters.